The van der Waals surface area contributed by atoms with Crippen LogP contribution in [0.25, 0.3) is 0 Å². The fourth-order valence-electron chi connectivity index (χ4n) is 2.71. The lowest BCUT2D eigenvalue weighted by Crippen LogP contribution is -2.22. The number of carbonyl (C=O) groups excluding carboxylic acids is 2. The van der Waals surface area contributed by atoms with Gasteiger partial charge < -0.3 is 16.4 Å². The topological polar surface area (TPSA) is 123 Å². The van der Waals surface area contributed by atoms with Crippen LogP contribution >= 0.6 is 11.3 Å². The van der Waals surface area contributed by atoms with E-state index in [4.69, 9.17) is 5.73 Å². The second kappa shape index (κ2) is 9.73. The van der Waals surface area contributed by atoms with E-state index >= 15 is 0 Å². The molecule has 1 atom stereocenters. The summed E-state index contributed by atoms with van der Waals surface area (Å²) in [5.74, 6) is -0.626. The van der Waals surface area contributed by atoms with Crippen LogP contribution in [0.3, 0.4) is 0 Å². The fraction of sp³-hybridized carbons (Fsp3) is 0.250. The van der Waals surface area contributed by atoms with Gasteiger partial charge >= 0.3 is 6.18 Å². The number of amides is 1. The molecule has 32 heavy (non-hydrogen) atoms. The van der Waals surface area contributed by atoms with Crippen LogP contribution in [0.2, 0.25) is 0 Å². The normalized spacial score (nSPS) is 12.2. The van der Waals surface area contributed by atoms with Crippen LogP contribution in [-0.2, 0) is 11.0 Å². The van der Waals surface area contributed by atoms with E-state index in [2.05, 4.69) is 25.6 Å². The number of primary amides is 1. The summed E-state index contributed by atoms with van der Waals surface area (Å²) in [5.41, 5.74) is 5.02. The van der Waals surface area contributed by atoms with Crippen molar-refractivity contribution in [2.45, 2.75) is 25.4 Å². The number of ketones is 1. The van der Waals surface area contributed by atoms with Crippen LogP contribution in [0.15, 0.2) is 42.9 Å². The number of nitrogens with two attached hydrogens (primary N) is 1. The highest BCUT2D eigenvalue weighted by Gasteiger charge is 2.30. The van der Waals surface area contributed by atoms with E-state index in [0.29, 0.717) is 16.6 Å². The van der Waals surface area contributed by atoms with E-state index in [-0.39, 0.29) is 30.4 Å². The first-order valence-electron chi connectivity index (χ1n) is 9.39. The molecule has 0 fully saturated rings. The lowest BCUT2D eigenvalue weighted by atomic mass is 10.0. The first kappa shape index (κ1) is 23.1. The van der Waals surface area contributed by atoms with Gasteiger partial charge in [0.25, 0.3) is 0 Å². The molecule has 0 aliphatic carbocycles. The molecule has 1 aromatic carbocycles. The molecule has 2 heterocycles. The average Bonchev–Trinajstić information content (AvgIpc) is 3.21. The number of halogens is 3. The molecule has 0 saturated carbocycles. The molecule has 3 aromatic rings. The molecule has 12 heteroatoms. The number of benzene rings is 1. The number of hydrogen-bond donors (Lipinski definition) is 3. The average molecular weight is 464 g/mol. The summed E-state index contributed by atoms with van der Waals surface area (Å²) in [6, 6.07) is 6.09. The van der Waals surface area contributed by atoms with E-state index in [0.717, 1.165) is 17.0 Å². The lowest BCUT2D eigenvalue weighted by Gasteiger charge is -2.09. The molecule has 0 radical (unpaired) electrons. The number of alkyl halides is 3. The van der Waals surface area contributed by atoms with Gasteiger partial charge in [0, 0.05) is 29.2 Å². The standard InChI is InChI=1S/C20H19F3N6O2S/c1-11(6-15(30)14-7-18(28-10-27-14)25-9-17(24)31)16-8-26-19(32-16)29-13-4-2-12(3-5-13)20(21,22)23/h2-5,7-8,10-11H,6,9H2,1H3,(H2,24,31)(H,26,29)(H,25,27,28). The van der Waals surface area contributed by atoms with Gasteiger partial charge in [0.05, 0.1) is 12.1 Å². The number of rotatable bonds is 9. The van der Waals surface area contributed by atoms with E-state index in [1.165, 1.54) is 35.9 Å². The number of nitrogens with one attached hydrogen (secondary N) is 2. The van der Waals surface area contributed by atoms with Crippen LogP contribution < -0.4 is 16.4 Å². The molecule has 0 spiro atoms. The minimum absolute atomic E-state index is 0.114. The predicted octanol–water partition coefficient (Wildman–Crippen LogP) is 3.97. The Morgan fingerprint density at radius 3 is 2.53 bits per heavy atom. The molecule has 1 unspecified atom stereocenters. The molecule has 168 valence electrons. The highest BCUT2D eigenvalue weighted by atomic mass is 32.1. The Bertz CT molecular complexity index is 1100. The van der Waals surface area contributed by atoms with Gasteiger partial charge in [-0.2, -0.15) is 13.2 Å². The van der Waals surface area contributed by atoms with Gasteiger partial charge in [0.2, 0.25) is 5.91 Å². The van der Waals surface area contributed by atoms with Crippen molar-refractivity contribution in [2.75, 3.05) is 17.2 Å². The van der Waals surface area contributed by atoms with Crippen molar-refractivity contribution < 1.29 is 22.8 Å². The van der Waals surface area contributed by atoms with Crippen molar-refractivity contribution in [3.63, 3.8) is 0 Å². The van der Waals surface area contributed by atoms with Crippen molar-refractivity contribution in [2.24, 2.45) is 5.73 Å². The monoisotopic (exact) mass is 464 g/mol. The fourth-order valence-corrected chi connectivity index (χ4v) is 3.59. The Morgan fingerprint density at radius 2 is 1.88 bits per heavy atom. The number of thiazole rings is 1. The Hall–Kier alpha value is -3.54. The third-order valence-electron chi connectivity index (χ3n) is 4.36. The minimum atomic E-state index is -4.39. The molecule has 8 nitrogen and oxygen atoms in total. The van der Waals surface area contributed by atoms with E-state index < -0.39 is 17.6 Å². The van der Waals surface area contributed by atoms with Crippen LogP contribution in [0, 0.1) is 0 Å². The molecule has 3 rings (SSSR count). The Morgan fingerprint density at radius 1 is 1.16 bits per heavy atom. The molecule has 0 bridgehead atoms. The molecular weight excluding hydrogens is 445 g/mol. The molecule has 0 saturated heterocycles. The Labute approximate surface area is 185 Å². The zero-order valence-electron chi connectivity index (χ0n) is 16.8. The quantitative estimate of drug-likeness (QED) is 0.410. The van der Waals surface area contributed by atoms with Gasteiger partial charge in [0.1, 0.15) is 17.8 Å². The summed E-state index contributed by atoms with van der Waals surface area (Å²) in [6.45, 7) is 1.75. The number of Topliss-reactive ketones (excluding diaryl/α,β-unsaturated/α-hetero) is 1. The number of hydrogen-bond acceptors (Lipinski definition) is 8. The van der Waals surface area contributed by atoms with Crippen LogP contribution in [0.4, 0.5) is 29.8 Å². The van der Waals surface area contributed by atoms with Gasteiger partial charge in [-0.15, -0.1) is 11.3 Å². The van der Waals surface area contributed by atoms with Crippen molar-refractivity contribution in [3.05, 3.63) is 59.0 Å². The van der Waals surface area contributed by atoms with Crippen molar-refractivity contribution in [1.82, 2.24) is 15.0 Å². The number of aromatic nitrogens is 3. The largest absolute Gasteiger partial charge is 0.416 e. The minimum Gasteiger partial charge on any atom is -0.368 e. The molecule has 0 aliphatic heterocycles. The van der Waals surface area contributed by atoms with Gasteiger partial charge in [-0.25, -0.2) is 15.0 Å². The Kier molecular flexibility index (Phi) is 7.03. The summed E-state index contributed by atoms with van der Waals surface area (Å²) in [6.07, 6.45) is -1.39. The molecular formula is C20H19F3N6O2S. The first-order valence-corrected chi connectivity index (χ1v) is 10.2. The maximum absolute atomic E-state index is 12.7. The molecule has 2 aromatic heterocycles. The number of carbonyl (C=O) groups is 2. The smallest absolute Gasteiger partial charge is 0.368 e. The van der Waals surface area contributed by atoms with Gasteiger partial charge in [-0.05, 0) is 30.2 Å². The van der Waals surface area contributed by atoms with Crippen LogP contribution in [0.1, 0.15) is 40.2 Å². The molecule has 1 amide bonds. The highest BCUT2D eigenvalue weighted by Crippen LogP contribution is 2.32. The summed E-state index contributed by atoms with van der Waals surface area (Å²) >= 11 is 1.30. The SMILES string of the molecule is CC(CC(=O)c1cc(NCC(N)=O)ncn1)c1cnc(Nc2ccc(C(F)(F)F)cc2)s1. The van der Waals surface area contributed by atoms with E-state index in [9.17, 15) is 22.8 Å². The van der Waals surface area contributed by atoms with Gasteiger partial charge in [-0.1, -0.05) is 6.92 Å². The highest BCUT2D eigenvalue weighted by molar-refractivity contribution is 7.15. The van der Waals surface area contributed by atoms with Gasteiger partial charge in [0.15, 0.2) is 10.9 Å². The van der Waals surface area contributed by atoms with Gasteiger partial charge in [-0.3, -0.25) is 9.59 Å². The second-order valence-corrected chi connectivity index (χ2v) is 7.97. The zero-order chi connectivity index (χ0) is 23.3. The Balaban J connectivity index is 1.61. The first-order chi connectivity index (χ1) is 15.1. The lowest BCUT2D eigenvalue weighted by molar-refractivity contribution is -0.137. The summed E-state index contributed by atoms with van der Waals surface area (Å²) in [5, 5.41) is 6.17. The second-order valence-electron chi connectivity index (χ2n) is 6.90. The maximum atomic E-state index is 12.7. The summed E-state index contributed by atoms with van der Waals surface area (Å²) in [4.78, 5) is 36.4. The van der Waals surface area contributed by atoms with Crippen LogP contribution in [-0.4, -0.2) is 33.2 Å². The molecule has 0 aliphatic rings. The van der Waals surface area contributed by atoms with Crippen molar-refractivity contribution in [1.29, 1.82) is 0 Å². The summed E-state index contributed by atoms with van der Waals surface area (Å²) in [7, 11) is 0. The third-order valence-corrected chi connectivity index (χ3v) is 5.51. The van der Waals surface area contributed by atoms with Crippen LogP contribution in [0.5, 0.6) is 0 Å². The van der Waals surface area contributed by atoms with Crippen molar-refractivity contribution >= 4 is 39.7 Å². The van der Waals surface area contributed by atoms with Crippen molar-refractivity contribution in [3.8, 4) is 0 Å². The third kappa shape index (κ3) is 6.23. The number of nitrogens with zero attached hydrogens (tertiary/aromatic N) is 3. The summed E-state index contributed by atoms with van der Waals surface area (Å²) < 4.78 is 38.0. The molecule has 4 N–H and O–H groups in total. The predicted molar refractivity (Wildman–Crippen MR) is 114 cm³/mol. The maximum Gasteiger partial charge on any atom is 0.416 e. The van der Waals surface area contributed by atoms with E-state index in [1.807, 2.05) is 6.92 Å². The zero-order valence-corrected chi connectivity index (χ0v) is 17.6. The van der Waals surface area contributed by atoms with E-state index in [1.54, 1.807) is 6.20 Å². The number of anilines is 3.